The van der Waals surface area contributed by atoms with Crippen LogP contribution in [0.15, 0.2) is 48.5 Å². The van der Waals surface area contributed by atoms with Crippen molar-refractivity contribution in [2.24, 2.45) is 3.95 Å². The number of phenolic OH excluding ortho intramolecular Hbond substituents is 1. The van der Waals surface area contributed by atoms with Gasteiger partial charge in [0.05, 0.1) is 0 Å². The molecular weight excluding hydrogens is 485 g/mol. The van der Waals surface area contributed by atoms with Crippen molar-refractivity contribution in [2.45, 2.75) is 29.9 Å². The van der Waals surface area contributed by atoms with E-state index >= 15 is 0 Å². The fraction of sp³-hybridized carbons (Fsp3) is 0.333. The number of alkyl halides is 1. The number of benzene rings is 2. The molecule has 0 radical (unpaired) electrons. The fourth-order valence-electron chi connectivity index (χ4n) is 3.32. The summed E-state index contributed by atoms with van der Waals surface area (Å²) in [6.45, 7) is 0.868. The number of nitrogens with two attached hydrogens (primary N) is 1. The number of hydrogen-bond acceptors (Lipinski definition) is 5. The summed E-state index contributed by atoms with van der Waals surface area (Å²) in [5.41, 5.74) is 1.87. The normalized spacial score (nSPS) is 16.4. The quantitative estimate of drug-likeness (QED) is 0.174. The van der Waals surface area contributed by atoms with Crippen LogP contribution < -0.4 is 14.0 Å². The summed E-state index contributed by atoms with van der Waals surface area (Å²) in [4.78, 5) is 27.3. The standard InChI is InChI=1S/C21H26IN3O4/c1-29-19-12-16(9-10-18(19)26)14-24-20(27)17-8-5-11-25(17)21(28)22(23)13-15-6-3-2-4-7-15/h2-4,6-7,9-10,12,17,26H,5,8,11,13-14,23H2,1H3,(H,24,27)/t17-/m0/s1. The first-order valence-electron chi connectivity index (χ1n) is 9.37. The zero-order valence-electron chi connectivity index (χ0n) is 16.3. The minimum atomic E-state index is -2.38. The number of carbonyl (C=O) groups is 2. The van der Waals surface area contributed by atoms with Gasteiger partial charge in [0.2, 0.25) is 0 Å². The molecule has 1 heterocycles. The Labute approximate surface area is 178 Å². The van der Waals surface area contributed by atoms with Gasteiger partial charge >= 0.3 is 178 Å². The number of hydrogen-bond donors (Lipinski definition) is 3. The summed E-state index contributed by atoms with van der Waals surface area (Å²) in [6.07, 6.45) is 1.44. The van der Waals surface area contributed by atoms with Crippen molar-refractivity contribution in [1.82, 2.24) is 10.2 Å². The van der Waals surface area contributed by atoms with Crippen LogP contribution in [-0.4, -0.2) is 39.5 Å². The molecule has 0 spiro atoms. The number of methoxy groups -OCH3 is 1. The molecule has 3 rings (SSSR count). The molecule has 8 heteroatoms. The first-order valence-corrected chi connectivity index (χ1v) is 13.2. The zero-order valence-corrected chi connectivity index (χ0v) is 18.5. The van der Waals surface area contributed by atoms with Gasteiger partial charge in [-0.2, -0.15) is 0 Å². The molecule has 1 saturated heterocycles. The molecule has 0 aromatic heterocycles. The summed E-state index contributed by atoms with van der Waals surface area (Å²) >= 11 is -2.38. The van der Waals surface area contributed by atoms with Gasteiger partial charge in [-0.15, -0.1) is 0 Å². The second-order valence-electron chi connectivity index (χ2n) is 6.84. The van der Waals surface area contributed by atoms with E-state index in [1.807, 2.05) is 30.3 Å². The molecule has 156 valence electrons. The molecule has 2 amide bonds. The van der Waals surface area contributed by atoms with Crippen LogP contribution in [0.1, 0.15) is 24.0 Å². The van der Waals surface area contributed by atoms with E-state index in [1.54, 1.807) is 17.0 Å². The van der Waals surface area contributed by atoms with E-state index in [2.05, 4.69) is 5.32 Å². The van der Waals surface area contributed by atoms with Gasteiger partial charge in [0, 0.05) is 0 Å². The Balaban J connectivity index is 1.59. The van der Waals surface area contributed by atoms with Crippen molar-refractivity contribution in [2.75, 3.05) is 13.7 Å². The number of nitrogens with zero attached hydrogens (tertiary/aromatic N) is 1. The molecule has 4 N–H and O–H groups in total. The van der Waals surface area contributed by atoms with Gasteiger partial charge in [0.1, 0.15) is 0 Å². The molecule has 7 nitrogen and oxygen atoms in total. The van der Waals surface area contributed by atoms with E-state index in [1.165, 1.54) is 13.2 Å². The average Bonchev–Trinajstić information content (AvgIpc) is 3.23. The first kappa shape index (κ1) is 21.4. The summed E-state index contributed by atoms with van der Waals surface area (Å²) < 4.78 is 11.9. The number of phenols is 1. The maximum atomic E-state index is 12.9. The van der Waals surface area contributed by atoms with Gasteiger partial charge in [-0.1, -0.05) is 0 Å². The van der Waals surface area contributed by atoms with Crippen LogP contribution in [-0.2, 0) is 15.8 Å². The Morgan fingerprint density at radius 3 is 2.72 bits per heavy atom. The monoisotopic (exact) mass is 511 g/mol. The molecule has 2 aromatic rings. The van der Waals surface area contributed by atoms with Crippen LogP contribution in [0.5, 0.6) is 11.5 Å². The second-order valence-corrected chi connectivity index (χ2v) is 10.8. The van der Waals surface area contributed by atoms with Gasteiger partial charge in [0.25, 0.3) is 0 Å². The summed E-state index contributed by atoms with van der Waals surface area (Å²) in [5, 5.41) is 12.6. The van der Waals surface area contributed by atoms with Gasteiger partial charge in [0.15, 0.2) is 0 Å². The van der Waals surface area contributed by atoms with Gasteiger partial charge in [-0.05, 0) is 0 Å². The van der Waals surface area contributed by atoms with Crippen molar-refractivity contribution >= 4 is 29.9 Å². The van der Waals surface area contributed by atoms with E-state index in [0.29, 0.717) is 29.7 Å². The van der Waals surface area contributed by atoms with E-state index in [-0.39, 0.29) is 15.6 Å². The number of halogens is 1. The number of aromatic hydroxyl groups is 1. The number of amides is 2. The van der Waals surface area contributed by atoms with E-state index in [0.717, 1.165) is 17.5 Å². The molecular formula is C21H26IN3O4. The summed E-state index contributed by atoms with van der Waals surface area (Å²) in [7, 11) is 1.47. The van der Waals surface area contributed by atoms with Crippen molar-refractivity contribution < 1.29 is 19.4 Å². The minimum absolute atomic E-state index is 0.0398. The Hall–Kier alpha value is -2.33. The third kappa shape index (κ3) is 5.39. The topological polar surface area (TPSA) is 105 Å². The third-order valence-corrected chi connectivity index (χ3v) is 8.35. The number of carbonyl (C=O) groups excluding carboxylic acids is 2. The average molecular weight is 511 g/mol. The maximum absolute atomic E-state index is 12.9. The third-order valence-electron chi connectivity index (χ3n) is 4.84. The van der Waals surface area contributed by atoms with Crippen molar-refractivity contribution in [3.8, 4) is 11.5 Å². The molecule has 0 unspecified atom stereocenters. The fourth-order valence-corrected chi connectivity index (χ4v) is 6.48. The Morgan fingerprint density at radius 2 is 2.00 bits per heavy atom. The van der Waals surface area contributed by atoms with Gasteiger partial charge < -0.3 is 0 Å². The van der Waals surface area contributed by atoms with Crippen molar-refractivity contribution in [1.29, 1.82) is 0 Å². The summed E-state index contributed by atoms with van der Waals surface area (Å²) in [6, 6.07) is 14.2. The van der Waals surface area contributed by atoms with Crippen LogP contribution in [0.25, 0.3) is 0 Å². The van der Waals surface area contributed by atoms with Crippen LogP contribution in [0.3, 0.4) is 0 Å². The van der Waals surface area contributed by atoms with E-state index < -0.39 is 26.1 Å². The predicted octanol–water partition coefficient (Wildman–Crippen LogP) is 3.18. The van der Waals surface area contributed by atoms with Crippen molar-refractivity contribution in [3.63, 3.8) is 0 Å². The zero-order chi connectivity index (χ0) is 20.8. The molecule has 2 aromatic carbocycles. The Bertz CT molecular complexity index is 862. The van der Waals surface area contributed by atoms with E-state index in [9.17, 15) is 14.7 Å². The molecule has 1 aliphatic heterocycles. The number of ether oxygens (including phenoxy) is 1. The molecule has 0 aliphatic carbocycles. The van der Waals surface area contributed by atoms with Crippen LogP contribution in [0.4, 0.5) is 4.79 Å². The van der Waals surface area contributed by atoms with E-state index in [4.69, 9.17) is 8.68 Å². The van der Waals surface area contributed by atoms with Gasteiger partial charge in [-0.25, -0.2) is 0 Å². The number of nitrogens with one attached hydrogen (secondary N) is 1. The first-order chi connectivity index (χ1) is 14.0. The van der Waals surface area contributed by atoms with Crippen LogP contribution in [0.2, 0.25) is 0 Å². The van der Waals surface area contributed by atoms with Crippen LogP contribution >= 0.6 is 20.1 Å². The molecule has 29 heavy (non-hydrogen) atoms. The summed E-state index contributed by atoms with van der Waals surface area (Å²) in [5.74, 6) is 0.230. The van der Waals surface area contributed by atoms with Gasteiger partial charge in [-0.3, -0.25) is 0 Å². The molecule has 1 fully saturated rings. The number of likely N-dealkylation sites (tertiary alicyclic amines) is 1. The molecule has 1 aliphatic rings. The SMILES string of the molecule is COc1cc(CNC(=O)[C@@H]2CCCN2C(=O)I(N)Cc2ccccc2)ccc1O. The van der Waals surface area contributed by atoms with Crippen molar-refractivity contribution in [3.05, 3.63) is 59.7 Å². The molecule has 0 bridgehead atoms. The Morgan fingerprint density at radius 1 is 1.24 bits per heavy atom. The molecule has 1 atom stereocenters. The van der Waals surface area contributed by atoms with Crippen LogP contribution in [0, 0.1) is 0 Å². The second kappa shape index (κ2) is 9.93. The molecule has 0 saturated carbocycles. The Kier molecular flexibility index (Phi) is 7.32. The number of rotatable bonds is 7. The predicted molar refractivity (Wildman–Crippen MR) is 120 cm³/mol.